The number of fused-ring (bicyclic) bond motifs is 1. The van der Waals surface area contributed by atoms with E-state index in [0.717, 1.165) is 17.7 Å². The zero-order chi connectivity index (χ0) is 11.8. The number of hydrogen-bond donors (Lipinski definition) is 1. The molecule has 17 heavy (non-hydrogen) atoms. The van der Waals surface area contributed by atoms with Crippen molar-refractivity contribution in [2.75, 3.05) is 5.75 Å². The van der Waals surface area contributed by atoms with E-state index >= 15 is 0 Å². The number of carboxylic acid groups (broad SMARTS) is 1. The van der Waals surface area contributed by atoms with Crippen molar-refractivity contribution in [2.24, 2.45) is 0 Å². The predicted octanol–water partition coefficient (Wildman–Crippen LogP) is 2.69. The van der Waals surface area contributed by atoms with Crippen molar-refractivity contribution >= 4 is 17.7 Å². The number of thioether (sulfide) groups is 1. The van der Waals surface area contributed by atoms with Crippen LogP contribution >= 0.6 is 11.8 Å². The first-order chi connectivity index (χ1) is 8.25. The van der Waals surface area contributed by atoms with Crippen LogP contribution in [-0.2, 0) is 6.42 Å². The molecule has 1 aliphatic rings. The van der Waals surface area contributed by atoms with Gasteiger partial charge in [0.2, 0.25) is 0 Å². The van der Waals surface area contributed by atoms with Gasteiger partial charge in [0.1, 0.15) is 0 Å². The van der Waals surface area contributed by atoms with Crippen LogP contribution in [0.1, 0.15) is 16.1 Å². The molecule has 3 rings (SSSR count). The van der Waals surface area contributed by atoms with Gasteiger partial charge in [-0.05, 0) is 18.1 Å². The van der Waals surface area contributed by atoms with E-state index in [2.05, 4.69) is 11.2 Å². The van der Waals surface area contributed by atoms with E-state index in [1.165, 1.54) is 16.5 Å². The number of benzene rings is 1. The second-order valence-electron chi connectivity index (χ2n) is 3.76. The van der Waals surface area contributed by atoms with Gasteiger partial charge in [-0.3, -0.25) is 0 Å². The fourth-order valence-electron chi connectivity index (χ4n) is 1.96. The molecule has 0 unspecified atom stereocenters. The summed E-state index contributed by atoms with van der Waals surface area (Å²) in [7, 11) is 0. The Morgan fingerprint density at radius 2 is 2.35 bits per heavy atom. The maximum absolute atomic E-state index is 10.8. The largest absolute Gasteiger partial charge is 0.476 e. The monoisotopic (exact) mass is 247 g/mol. The molecule has 0 amide bonds. The van der Waals surface area contributed by atoms with Gasteiger partial charge in [-0.15, -0.1) is 11.8 Å². The molecule has 4 nitrogen and oxygen atoms in total. The number of hydrogen-bond acceptors (Lipinski definition) is 4. The zero-order valence-electron chi connectivity index (χ0n) is 8.84. The molecular weight excluding hydrogens is 238 g/mol. The first kappa shape index (κ1) is 10.4. The molecule has 1 aromatic carbocycles. The van der Waals surface area contributed by atoms with Crippen LogP contribution in [0.15, 0.2) is 33.7 Å². The van der Waals surface area contributed by atoms with Crippen LogP contribution in [0.25, 0.3) is 11.3 Å². The van der Waals surface area contributed by atoms with Gasteiger partial charge in [-0.1, -0.05) is 17.3 Å². The van der Waals surface area contributed by atoms with Crippen molar-refractivity contribution in [3.63, 3.8) is 0 Å². The molecule has 0 saturated heterocycles. The molecule has 1 aliphatic heterocycles. The molecular formula is C12H9NO3S. The summed E-state index contributed by atoms with van der Waals surface area (Å²) >= 11 is 1.81. The quantitative estimate of drug-likeness (QED) is 0.883. The van der Waals surface area contributed by atoms with Crippen LogP contribution in [0.3, 0.4) is 0 Å². The Kier molecular flexibility index (Phi) is 2.40. The van der Waals surface area contributed by atoms with Gasteiger partial charge >= 0.3 is 5.97 Å². The van der Waals surface area contributed by atoms with Crippen molar-refractivity contribution in [1.29, 1.82) is 0 Å². The van der Waals surface area contributed by atoms with Gasteiger partial charge in [0.15, 0.2) is 11.5 Å². The highest BCUT2D eigenvalue weighted by Crippen LogP contribution is 2.37. The number of carbonyl (C=O) groups is 1. The molecule has 2 aromatic rings. The lowest BCUT2D eigenvalue weighted by molar-refractivity contribution is 0.0686. The van der Waals surface area contributed by atoms with E-state index in [4.69, 9.17) is 9.63 Å². The molecule has 0 bridgehead atoms. The smallest absolute Gasteiger partial charge is 0.358 e. The number of carboxylic acids is 1. The Bertz CT molecular complexity index is 591. The van der Waals surface area contributed by atoms with Crippen LogP contribution in [0.5, 0.6) is 0 Å². The topological polar surface area (TPSA) is 63.3 Å². The Hall–Kier alpha value is -1.75. The number of rotatable bonds is 2. The van der Waals surface area contributed by atoms with Crippen molar-refractivity contribution < 1.29 is 14.4 Å². The minimum Gasteiger partial charge on any atom is -0.476 e. The van der Waals surface area contributed by atoms with E-state index in [9.17, 15) is 4.79 Å². The SMILES string of the molecule is O=C(O)c1cc(-c2cccc3c2CCS3)on1. The highest BCUT2D eigenvalue weighted by molar-refractivity contribution is 7.99. The highest BCUT2D eigenvalue weighted by Gasteiger charge is 2.19. The van der Waals surface area contributed by atoms with E-state index in [1.54, 1.807) is 0 Å². The van der Waals surface area contributed by atoms with E-state index in [-0.39, 0.29) is 5.69 Å². The first-order valence-corrected chi connectivity index (χ1v) is 6.19. The van der Waals surface area contributed by atoms with Gasteiger partial charge in [0.25, 0.3) is 0 Å². The molecule has 86 valence electrons. The molecule has 0 spiro atoms. The van der Waals surface area contributed by atoms with Gasteiger partial charge in [0.05, 0.1) is 0 Å². The van der Waals surface area contributed by atoms with E-state index in [1.807, 2.05) is 23.9 Å². The predicted molar refractivity (Wildman–Crippen MR) is 63.3 cm³/mol. The minimum atomic E-state index is -1.07. The number of nitrogens with zero attached hydrogens (tertiary/aromatic N) is 1. The molecule has 2 heterocycles. The van der Waals surface area contributed by atoms with Gasteiger partial charge in [-0.25, -0.2) is 4.79 Å². The summed E-state index contributed by atoms with van der Waals surface area (Å²) in [5.74, 6) is 0.524. The van der Waals surface area contributed by atoms with Crippen molar-refractivity contribution in [1.82, 2.24) is 5.16 Å². The van der Waals surface area contributed by atoms with Crippen LogP contribution in [0.4, 0.5) is 0 Å². The number of aromatic carboxylic acids is 1. The molecule has 0 saturated carbocycles. The van der Waals surface area contributed by atoms with Gasteiger partial charge < -0.3 is 9.63 Å². The summed E-state index contributed by atoms with van der Waals surface area (Å²) < 4.78 is 5.10. The van der Waals surface area contributed by atoms with Crippen molar-refractivity contribution in [3.05, 3.63) is 35.5 Å². The van der Waals surface area contributed by atoms with Crippen molar-refractivity contribution in [2.45, 2.75) is 11.3 Å². The number of aromatic nitrogens is 1. The Labute approximate surface area is 102 Å². The minimum absolute atomic E-state index is 0.0525. The molecule has 1 N–H and O–H groups in total. The maximum atomic E-state index is 10.8. The fourth-order valence-corrected chi connectivity index (χ4v) is 3.04. The Morgan fingerprint density at radius 3 is 3.12 bits per heavy atom. The average molecular weight is 247 g/mol. The average Bonchev–Trinajstić information content (AvgIpc) is 2.97. The summed E-state index contributed by atoms with van der Waals surface area (Å²) in [6, 6.07) is 7.44. The standard InChI is InChI=1S/C12H9NO3S/c14-12(15)9-6-10(16-13-9)7-2-1-3-11-8(7)4-5-17-11/h1-3,6H,4-5H2,(H,14,15). The lowest BCUT2D eigenvalue weighted by atomic mass is 10.0. The molecule has 0 radical (unpaired) electrons. The third kappa shape index (κ3) is 1.72. The van der Waals surface area contributed by atoms with Crippen LogP contribution in [0, 0.1) is 0 Å². The molecule has 5 heteroatoms. The second kappa shape index (κ2) is 3.92. The van der Waals surface area contributed by atoms with Gasteiger partial charge in [-0.2, -0.15) is 0 Å². The van der Waals surface area contributed by atoms with Crippen LogP contribution in [0.2, 0.25) is 0 Å². The molecule has 0 fully saturated rings. The zero-order valence-corrected chi connectivity index (χ0v) is 9.66. The van der Waals surface area contributed by atoms with E-state index in [0.29, 0.717) is 5.76 Å². The van der Waals surface area contributed by atoms with Crippen LogP contribution in [-0.4, -0.2) is 22.0 Å². The summed E-state index contributed by atoms with van der Waals surface area (Å²) in [4.78, 5) is 12.0. The first-order valence-electron chi connectivity index (χ1n) is 5.21. The fraction of sp³-hybridized carbons (Fsp3) is 0.167. The summed E-state index contributed by atoms with van der Waals surface area (Å²) in [5, 5.41) is 12.3. The summed E-state index contributed by atoms with van der Waals surface area (Å²) in [6.45, 7) is 0. The Balaban J connectivity index is 2.09. The maximum Gasteiger partial charge on any atom is 0.358 e. The second-order valence-corrected chi connectivity index (χ2v) is 4.90. The van der Waals surface area contributed by atoms with Crippen LogP contribution < -0.4 is 0 Å². The Morgan fingerprint density at radius 1 is 1.47 bits per heavy atom. The lowest BCUT2D eigenvalue weighted by Gasteiger charge is -2.03. The molecule has 0 aliphatic carbocycles. The third-order valence-corrected chi connectivity index (χ3v) is 3.84. The molecule has 0 atom stereocenters. The van der Waals surface area contributed by atoms with Gasteiger partial charge in [0, 0.05) is 22.3 Å². The summed E-state index contributed by atoms with van der Waals surface area (Å²) in [5.41, 5.74) is 2.13. The third-order valence-electron chi connectivity index (χ3n) is 2.74. The normalized spacial score (nSPS) is 13.6. The van der Waals surface area contributed by atoms with E-state index < -0.39 is 5.97 Å². The lowest BCUT2D eigenvalue weighted by Crippen LogP contribution is -1.94. The summed E-state index contributed by atoms with van der Waals surface area (Å²) in [6.07, 6.45) is 0.985. The highest BCUT2D eigenvalue weighted by atomic mass is 32.2. The molecule has 1 aromatic heterocycles. The van der Waals surface area contributed by atoms with Crippen molar-refractivity contribution in [3.8, 4) is 11.3 Å².